The average Bonchev–Trinajstić information content (AvgIpc) is 2.81. The van der Waals surface area contributed by atoms with Crippen LogP contribution >= 0.6 is 0 Å². The van der Waals surface area contributed by atoms with Crippen LogP contribution < -0.4 is 0 Å². The molecule has 0 unspecified atom stereocenters. The highest BCUT2D eigenvalue weighted by molar-refractivity contribution is 6.01. The first-order valence-corrected chi connectivity index (χ1v) is 5.72. The average molecular weight is 285 g/mol. The van der Waals surface area contributed by atoms with E-state index in [9.17, 15) is 22.8 Å². The monoisotopic (exact) mass is 285 g/mol. The van der Waals surface area contributed by atoms with Gasteiger partial charge in [-0.05, 0) is 17.7 Å². The number of amides is 2. The van der Waals surface area contributed by atoms with Gasteiger partial charge >= 0.3 is 12.3 Å². The lowest BCUT2D eigenvalue weighted by Gasteiger charge is -2.10. The number of carbonyl (C=O) groups excluding carboxylic acids is 2. The summed E-state index contributed by atoms with van der Waals surface area (Å²) in [6.45, 7) is 0.195. The van der Waals surface area contributed by atoms with Crippen molar-refractivity contribution in [1.29, 1.82) is 0 Å². The molecule has 106 valence electrons. The quantitative estimate of drug-likeness (QED) is 0.785. The smallest absolute Gasteiger partial charge is 0.416 e. The summed E-state index contributed by atoms with van der Waals surface area (Å²) >= 11 is 0. The molecule has 0 bridgehead atoms. The minimum atomic E-state index is -4.50. The first-order chi connectivity index (χ1) is 9.39. The molecule has 20 heavy (non-hydrogen) atoms. The fraction of sp³-hybridized carbons (Fsp3) is 0.231. The van der Waals surface area contributed by atoms with Crippen molar-refractivity contribution in [3.05, 3.63) is 41.5 Å². The van der Waals surface area contributed by atoms with E-state index in [0.29, 0.717) is 0 Å². The standard InChI is InChI=1S/C13H10F3NO3/c14-13(15,16)10-4-2-1-3-9(10)5-6-11(18)17-7-8-20-12(17)19/h1-6H,7-8H2/b6-5+. The van der Waals surface area contributed by atoms with E-state index < -0.39 is 23.7 Å². The van der Waals surface area contributed by atoms with Crippen molar-refractivity contribution in [1.82, 2.24) is 4.90 Å². The predicted molar refractivity (Wildman–Crippen MR) is 63.5 cm³/mol. The van der Waals surface area contributed by atoms with Crippen LogP contribution in [0.2, 0.25) is 0 Å². The van der Waals surface area contributed by atoms with Gasteiger partial charge in [0.1, 0.15) is 6.61 Å². The van der Waals surface area contributed by atoms with E-state index in [1.54, 1.807) is 0 Å². The van der Waals surface area contributed by atoms with Crippen molar-refractivity contribution in [2.75, 3.05) is 13.2 Å². The molecular weight excluding hydrogens is 275 g/mol. The molecule has 1 aromatic rings. The molecule has 0 spiro atoms. The highest BCUT2D eigenvalue weighted by atomic mass is 19.4. The van der Waals surface area contributed by atoms with Crippen LogP contribution in [-0.2, 0) is 15.7 Å². The topological polar surface area (TPSA) is 46.6 Å². The SMILES string of the molecule is O=C(/C=C/c1ccccc1C(F)(F)F)N1CCOC1=O. The molecule has 1 fully saturated rings. The Balaban J connectivity index is 2.20. The van der Waals surface area contributed by atoms with Crippen LogP contribution in [0.15, 0.2) is 30.3 Å². The number of carbonyl (C=O) groups is 2. The van der Waals surface area contributed by atoms with Gasteiger partial charge in [0.2, 0.25) is 0 Å². The Hall–Kier alpha value is -2.31. The second-order valence-electron chi connectivity index (χ2n) is 4.02. The molecule has 1 aliphatic rings. The number of hydrogen-bond donors (Lipinski definition) is 0. The second-order valence-corrected chi connectivity index (χ2v) is 4.02. The summed E-state index contributed by atoms with van der Waals surface area (Å²) < 4.78 is 42.8. The zero-order valence-corrected chi connectivity index (χ0v) is 10.2. The highest BCUT2D eigenvalue weighted by Gasteiger charge is 2.32. The summed E-state index contributed by atoms with van der Waals surface area (Å²) in [6.07, 6.45) is -3.33. The van der Waals surface area contributed by atoms with Gasteiger partial charge in [-0.25, -0.2) is 9.69 Å². The summed E-state index contributed by atoms with van der Waals surface area (Å²) in [5.74, 6) is -0.704. The Labute approximate surface area is 112 Å². The Bertz CT molecular complexity index is 566. The number of imide groups is 1. The Kier molecular flexibility index (Phi) is 3.78. The third-order valence-electron chi connectivity index (χ3n) is 2.70. The van der Waals surface area contributed by atoms with Crippen LogP contribution in [0.25, 0.3) is 6.08 Å². The van der Waals surface area contributed by atoms with Crippen LogP contribution in [0.1, 0.15) is 11.1 Å². The number of cyclic esters (lactones) is 1. The van der Waals surface area contributed by atoms with E-state index in [4.69, 9.17) is 0 Å². The van der Waals surface area contributed by atoms with Gasteiger partial charge in [0.15, 0.2) is 0 Å². The van der Waals surface area contributed by atoms with Gasteiger partial charge in [-0.2, -0.15) is 13.2 Å². The maximum Gasteiger partial charge on any atom is 0.416 e. The van der Waals surface area contributed by atoms with Crippen LogP contribution in [0.3, 0.4) is 0 Å². The lowest BCUT2D eigenvalue weighted by molar-refractivity contribution is -0.137. The molecular formula is C13H10F3NO3. The molecule has 0 aromatic heterocycles. The van der Waals surface area contributed by atoms with Gasteiger partial charge in [0.05, 0.1) is 12.1 Å². The van der Waals surface area contributed by atoms with Crippen molar-refractivity contribution in [3.8, 4) is 0 Å². The third-order valence-corrected chi connectivity index (χ3v) is 2.70. The van der Waals surface area contributed by atoms with Crippen LogP contribution in [0.5, 0.6) is 0 Å². The van der Waals surface area contributed by atoms with Crippen molar-refractivity contribution in [2.45, 2.75) is 6.18 Å². The van der Waals surface area contributed by atoms with Crippen LogP contribution in [0, 0.1) is 0 Å². The van der Waals surface area contributed by atoms with Gasteiger partial charge in [-0.3, -0.25) is 4.79 Å². The number of alkyl halides is 3. The van der Waals surface area contributed by atoms with Gasteiger partial charge in [0.25, 0.3) is 5.91 Å². The largest absolute Gasteiger partial charge is 0.447 e. The minimum Gasteiger partial charge on any atom is -0.447 e. The predicted octanol–water partition coefficient (Wildman–Crippen LogP) is 2.70. The van der Waals surface area contributed by atoms with Gasteiger partial charge in [-0.15, -0.1) is 0 Å². The van der Waals surface area contributed by atoms with E-state index >= 15 is 0 Å². The zero-order chi connectivity index (χ0) is 14.8. The Morgan fingerprint density at radius 3 is 2.60 bits per heavy atom. The number of halogens is 3. The van der Waals surface area contributed by atoms with Crippen LogP contribution in [0.4, 0.5) is 18.0 Å². The molecule has 1 saturated heterocycles. The molecule has 0 atom stereocenters. The zero-order valence-electron chi connectivity index (χ0n) is 10.2. The number of rotatable bonds is 2. The minimum absolute atomic E-state index is 0.0948. The number of hydrogen-bond acceptors (Lipinski definition) is 3. The summed E-state index contributed by atoms with van der Waals surface area (Å²) in [5.41, 5.74) is -0.978. The summed E-state index contributed by atoms with van der Waals surface area (Å²) in [7, 11) is 0. The maximum absolute atomic E-state index is 12.7. The first-order valence-electron chi connectivity index (χ1n) is 5.72. The number of nitrogens with zero attached hydrogens (tertiary/aromatic N) is 1. The molecule has 2 rings (SSSR count). The molecule has 0 radical (unpaired) electrons. The lowest BCUT2D eigenvalue weighted by atomic mass is 10.1. The maximum atomic E-state index is 12.7. The molecule has 1 heterocycles. The van der Waals surface area contributed by atoms with Gasteiger partial charge < -0.3 is 4.74 Å². The molecule has 7 heteroatoms. The summed E-state index contributed by atoms with van der Waals surface area (Å²) in [4.78, 5) is 23.6. The number of benzene rings is 1. The Morgan fingerprint density at radius 1 is 1.30 bits per heavy atom. The van der Waals surface area contributed by atoms with E-state index in [1.165, 1.54) is 18.2 Å². The van der Waals surface area contributed by atoms with Crippen molar-refractivity contribution in [3.63, 3.8) is 0 Å². The van der Waals surface area contributed by atoms with E-state index in [1.807, 2.05) is 0 Å². The van der Waals surface area contributed by atoms with Gasteiger partial charge in [0, 0.05) is 6.08 Å². The van der Waals surface area contributed by atoms with Crippen molar-refractivity contribution < 1.29 is 27.5 Å². The van der Waals surface area contributed by atoms with Gasteiger partial charge in [-0.1, -0.05) is 18.2 Å². The normalized spacial score (nSPS) is 15.8. The molecule has 2 amide bonds. The van der Waals surface area contributed by atoms with E-state index in [-0.39, 0.29) is 18.7 Å². The van der Waals surface area contributed by atoms with Crippen molar-refractivity contribution >= 4 is 18.1 Å². The Morgan fingerprint density at radius 2 is 2.00 bits per heavy atom. The molecule has 0 saturated carbocycles. The highest BCUT2D eigenvalue weighted by Crippen LogP contribution is 2.32. The molecule has 1 aromatic carbocycles. The molecule has 0 aliphatic carbocycles. The summed E-state index contributed by atoms with van der Waals surface area (Å²) in [6, 6.07) is 4.87. The third kappa shape index (κ3) is 2.98. The molecule has 0 N–H and O–H groups in total. The lowest BCUT2D eigenvalue weighted by Crippen LogP contribution is -2.29. The molecule has 4 nitrogen and oxygen atoms in total. The fourth-order valence-electron chi connectivity index (χ4n) is 1.75. The van der Waals surface area contributed by atoms with E-state index in [2.05, 4.69) is 4.74 Å². The first kappa shape index (κ1) is 14.1. The van der Waals surface area contributed by atoms with Crippen LogP contribution in [-0.4, -0.2) is 30.1 Å². The molecule has 1 aliphatic heterocycles. The van der Waals surface area contributed by atoms with E-state index in [0.717, 1.165) is 23.1 Å². The number of ether oxygens (including phenoxy) is 1. The summed E-state index contributed by atoms with van der Waals surface area (Å²) in [5, 5.41) is 0. The second kappa shape index (κ2) is 5.36. The fourth-order valence-corrected chi connectivity index (χ4v) is 1.75. The van der Waals surface area contributed by atoms with Crippen molar-refractivity contribution in [2.24, 2.45) is 0 Å².